The first kappa shape index (κ1) is 20.9. The number of hydrogen-bond acceptors (Lipinski definition) is 2. The van der Waals surface area contributed by atoms with Crippen molar-refractivity contribution in [1.29, 1.82) is 10.5 Å². The molecule has 3 aromatic rings. The molecular formula is C28H24N2. The highest BCUT2D eigenvalue weighted by atomic mass is 14.3. The quantitative estimate of drug-likeness (QED) is 0.342. The molecule has 0 aliphatic heterocycles. The van der Waals surface area contributed by atoms with Gasteiger partial charge in [0.05, 0.1) is 11.1 Å². The Balaban J connectivity index is 1.99. The van der Waals surface area contributed by atoms with E-state index in [4.69, 9.17) is 0 Å². The third-order valence-corrected chi connectivity index (χ3v) is 5.23. The molecule has 0 saturated heterocycles. The van der Waals surface area contributed by atoms with E-state index in [2.05, 4.69) is 55.2 Å². The molecule has 0 spiro atoms. The van der Waals surface area contributed by atoms with E-state index in [1.807, 2.05) is 36.4 Å². The van der Waals surface area contributed by atoms with Gasteiger partial charge in [-0.3, -0.25) is 0 Å². The summed E-state index contributed by atoms with van der Waals surface area (Å²) < 4.78 is 0. The molecule has 30 heavy (non-hydrogen) atoms. The Morgan fingerprint density at radius 1 is 0.700 bits per heavy atom. The van der Waals surface area contributed by atoms with Crippen LogP contribution in [-0.4, -0.2) is 0 Å². The number of nitrogens with zero attached hydrogens (tertiary/aromatic N) is 2. The standard InChI is InChI=1S/C28H24N2/c1-3-5-6-8-22-11-15-24(16-12-22)26-18-17-25(27(19-29)28(26)20-30)23-13-9-21(7-4-2)10-14-23/h9-18H,3,5-6,8H2,1-2H3. The SMILES string of the molecule is CC#Cc1ccc(-c2ccc(-c3ccc(CCCCC)cc3)c(C#N)c2C#N)cc1. The van der Waals surface area contributed by atoms with Crippen LogP contribution in [0.2, 0.25) is 0 Å². The lowest BCUT2D eigenvalue weighted by Gasteiger charge is -2.12. The van der Waals surface area contributed by atoms with Gasteiger partial charge in [0.2, 0.25) is 0 Å². The summed E-state index contributed by atoms with van der Waals surface area (Å²) >= 11 is 0. The van der Waals surface area contributed by atoms with Gasteiger partial charge in [0.1, 0.15) is 12.1 Å². The zero-order valence-electron chi connectivity index (χ0n) is 17.5. The minimum absolute atomic E-state index is 0.413. The molecule has 146 valence electrons. The molecule has 0 saturated carbocycles. The lowest BCUT2D eigenvalue weighted by molar-refractivity contribution is 0.717. The Morgan fingerprint density at radius 2 is 1.23 bits per heavy atom. The maximum Gasteiger partial charge on any atom is 0.101 e. The van der Waals surface area contributed by atoms with Crippen molar-refractivity contribution < 1.29 is 0 Å². The summed E-state index contributed by atoms with van der Waals surface area (Å²) in [4.78, 5) is 0. The van der Waals surface area contributed by atoms with E-state index in [9.17, 15) is 10.5 Å². The van der Waals surface area contributed by atoms with Crippen molar-refractivity contribution in [2.45, 2.75) is 39.5 Å². The van der Waals surface area contributed by atoms with Gasteiger partial charge < -0.3 is 0 Å². The Bertz CT molecular complexity index is 1160. The highest BCUT2D eigenvalue weighted by Gasteiger charge is 2.15. The minimum atomic E-state index is 0.413. The summed E-state index contributed by atoms with van der Waals surface area (Å²) in [5.74, 6) is 5.90. The summed E-state index contributed by atoms with van der Waals surface area (Å²) in [6, 6.07) is 24.5. The van der Waals surface area contributed by atoms with Gasteiger partial charge in [0.25, 0.3) is 0 Å². The normalized spacial score (nSPS) is 9.87. The number of nitriles is 2. The summed E-state index contributed by atoms with van der Waals surface area (Å²) in [6.07, 6.45) is 4.70. The van der Waals surface area contributed by atoms with Gasteiger partial charge in [-0.2, -0.15) is 10.5 Å². The molecule has 2 heteroatoms. The second-order valence-corrected chi connectivity index (χ2v) is 7.24. The molecule has 0 bridgehead atoms. The fourth-order valence-corrected chi connectivity index (χ4v) is 3.62. The largest absolute Gasteiger partial charge is 0.192 e. The van der Waals surface area contributed by atoms with Crippen molar-refractivity contribution in [3.63, 3.8) is 0 Å². The lowest BCUT2D eigenvalue weighted by atomic mass is 9.89. The van der Waals surface area contributed by atoms with Crippen LogP contribution in [0.4, 0.5) is 0 Å². The van der Waals surface area contributed by atoms with E-state index in [1.165, 1.54) is 24.8 Å². The van der Waals surface area contributed by atoms with Gasteiger partial charge in [-0.1, -0.05) is 74.2 Å². The highest BCUT2D eigenvalue weighted by molar-refractivity contribution is 5.82. The van der Waals surface area contributed by atoms with Crippen molar-refractivity contribution in [3.05, 3.63) is 82.9 Å². The molecule has 0 heterocycles. The number of rotatable bonds is 6. The molecule has 0 fully saturated rings. The molecule has 0 aromatic heterocycles. The van der Waals surface area contributed by atoms with E-state index in [0.717, 1.165) is 34.2 Å². The fraction of sp³-hybridized carbons (Fsp3) is 0.214. The average Bonchev–Trinajstić information content (AvgIpc) is 2.79. The van der Waals surface area contributed by atoms with Gasteiger partial charge in [-0.05, 0) is 48.6 Å². The molecule has 0 amide bonds. The summed E-state index contributed by atoms with van der Waals surface area (Å²) in [7, 11) is 0. The average molecular weight is 389 g/mol. The Morgan fingerprint density at radius 3 is 1.70 bits per heavy atom. The van der Waals surface area contributed by atoms with Crippen LogP contribution in [0.15, 0.2) is 60.7 Å². The first-order valence-electron chi connectivity index (χ1n) is 10.3. The third kappa shape index (κ3) is 4.60. The van der Waals surface area contributed by atoms with Crippen LogP contribution in [0.3, 0.4) is 0 Å². The monoisotopic (exact) mass is 388 g/mol. The van der Waals surface area contributed by atoms with Crippen molar-refractivity contribution in [2.75, 3.05) is 0 Å². The van der Waals surface area contributed by atoms with Crippen LogP contribution in [0, 0.1) is 34.5 Å². The molecule has 0 atom stereocenters. The van der Waals surface area contributed by atoms with E-state index in [-0.39, 0.29) is 0 Å². The van der Waals surface area contributed by atoms with Crippen molar-refractivity contribution >= 4 is 0 Å². The zero-order valence-corrected chi connectivity index (χ0v) is 17.5. The van der Waals surface area contributed by atoms with Crippen molar-refractivity contribution in [3.8, 4) is 46.2 Å². The lowest BCUT2D eigenvalue weighted by Crippen LogP contribution is -1.94. The summed E-state index contributed by atoms with van der Waals surface area (Å²) in [5.41, 5.74) is 6.50. The zero-order chi connectivity index (χ0) is 21.3. The van der Waals surface area contributed by atoms with Gasteiger partial charge in [0, 0.05) is 16.7 Å². The highest BCUT2D eigenvalue weighted by Crippen LogP contribution is 2.33. The van der Waals surface area contributed by atoms with Crippen LogP contribution in [0.5, 0.6) is 0 Å². The third-order valence-electron chi connectivity index (χ3n) is 5.23. The Kier molecular flexibility index (Phi) is 7.05. The predicted octanol–water partition coefficient (Wildman–Crippen LogP) is 6.87. The van der Waals surface area contributed by atoms with Crippen LogP contribution in [0.1, 0.15) is 55.4 Å². The molecular weight excluding hydrogens is 364 g/mol. The molecule has 0 radical (unpaired) electrons. The van der Waals surface area contributed by atoms with Crippen LogP contribution >= 0.6 is 0 Å². The van der Waals surface area contributed by atoms with Crippen molar-refractivity contribution in [1.82, 2.24) is 0 Å². The van der Waals surface area contributed by atoms with Gasteiger partial charge in [-0.15, -0.1) is 5.92 Å². The number of unbranched alkanes of at least 4 members (excludes halogenated alkanes) is 2. The van der Waals surface area contributed by atoms with E-state index < -0.39 is 0 Å². The molecule has 0 aliphatic rings. The molecule has 2 nitrogen and oxygen atoms in total. The van der Waals surface area contributed by atoms with E-state index >= 15 is 0 Å². The van der Waals surface area contributed by atoms with Crippen LogP contribution in [0.25, 0.3) is 22.3 Å². The fourth-order valence-electron chi connectivity index (χ4n) is 3.62. The summed E-state index contributed by atoms with van der Waals surface area (Å²) in [5, 5.41) is 19.7. The second kappa shape index (κ2) is 10.1. The van der Waals surface area contributed by atoms with Gasteiger partial charge in [0.15, 0.2) is 0 Å². The van der Waals surface area contributed by atoms with Crippen LogP contribution < -0.4 is 0 Å². The smallest absolute Gasteiger partial charge is 0.101 e. The molecule has 3 aromatic carbocycles. The number of aryl methyl sites for hydroxylation is 1. The van der Waals surface area contributed by atoms with Gasteiger partial charge >= 0.3 is 0 Å². The van der Waals surface area contributed by atoms with Crippen molar-refractivity contribution in [2.24, 2.45) is 0 Å². The number of benzene rings is 3. The molecule has 3 rings (SSSR count). The molecule has 0 unspecified atom stereocenters. The minimum Gasteiger partial charge on any atom is -0.192 e. The Labute approximate surface area is 179 Å². The topological polar surface area (TPSA) is 47.6 Å². The first-order valence-corrected chi connectivity index (χ1v) is 10.3. The molecule has 0 aliphatic carbocycles. The van der Waals surface area contributed by atoms with Crippen LogP contribution in [-0.2, 0) is 6.42 Å². The second-order valence-electron chi connectivity index (χ2n) is 7.24. The maximum atomic E-state index is 9.86. The van der Waals surface area contributed by atoms with E-state index in [0.29, 0.717) is 11.1 Å². The Hall–Kier alpha value is -3.80. The van der Waals surface area contributed by atoms with Gasteiger partial charge in [-0.25, -0.2) is 0 Å². The number of hydrogen-bond donors (Lipinski definition) is 0. The predicted molar refractivity (Wildman–Crippen MR) is 123 cm³/mol. The molecule has 0 N–H and O–H groups in total. The maximum absolute atomic E-state index is 9.86. The van der Waals surface area contributed by atoms with E-state index in [1.54, 1.807) is 6.92 Å². The summed E-state index contributed by atoms with van der Waals surface area (Å²) in [6.45, 7) is 4.01. The first-order chi connectivity index (χ1) is 14.7.